The van der Waals surface area contributed by atoms with Crippen molar-refractivity contribution in [2.45, 2.75) is 65.1 Å². The molecule has 1 N–H and O–H groups in total. The Kier molecular flexibility index (Phi) is 6.05. The maximum Gasteiger partial charge on any atom is 0.410 e. The molecule has 1 amide bonds. The highest BCUT2D eigenvalue weighted by Gasteiger charge is 2.24. The van der Waals surface area contributed by atoms with E-state index in [9.17, 15) is 4.79 Å². The number of benzene rings is 1. The molecule has 0 aliphatic carbocycles. The number of hydrogen-bond acceptors (Lipinski definition) is 3. The molecule has 1 saturated heterocycles. The molecule has 0 saturated carbocycles. The van der Waals surface area contributed by atoms with E-state index >= 15 is 0 Å². The summed E-state index contributed by atoms with van der Waals surface area (Å²) in [5.41, 5.74) is 2.17. The minimum atomic E-state index is -0.424. The maximum absolute atomic E-state index is 12.2. The predicted molar refractivity (Wildman–Crippen MR) is 93.5 cm³/mol. The van der Waals surface area contributed by atoms with Gasteiger partial charge >= 0.3 is 6.09 Å². The minimum Gasteiger partial charge on any atom is -0.444 e. The van der Waals surface area contributed by atoms with Gasteiger partial charge in [-0.15, -0.1) is 0 Å². The number of ether oxygens (including phenoxy) is 1. The Morgan fingerprint density at radius 2 is 1.91 bits per heavy atom. The molecule has 1 unspecified atom stereocenters. The van der Waals surface area contributed by atoms with Crippen molar-refractivity contribution >= 4 is 6.09 Å². The van der Waals surface area contributed by atoms with Crippen LogP contribution in [0.3, 0.4) is 0 Å². The summed E-state index contributed by atoms with van der Waals surface area (Å²) in [7, 11) is 0. The molecule has 4 heteroatoms. The first-order valence-electron chi connectivity index (χ1n) is 8.60. The van der Waals surface area contributed by atoms with E-state index in [2.05, 4.69) is 36.5 Å². The molecule has 0 aromatic heterocycles. The second kappa shape index (κ2) is 7.82. The molecule has 23 heavy (non-hydrogen) atoms. The lowest BCUT2D eigenvalue weighted by atomic mass is 10.1. The Labute approximate surface area is 140 Å². The van der Waals surface area contributed by atoms with Gasteiger partial charge in [0.25, 0.3) is 0 Å². The summed E-state index contributed by atoms with van der Waals surface area (Å²) in [6.45, 7) is 10.3. The Morgan fingerprint density at radius 1 is 1.22 bits per heavy atom. The fourth-order valence-electron chi connectivity index (χ4n) is 2.78. The van der Waals surface area contributed by atoms with E-state index in [4.69, 9.17) is 4.74 Å². The summed E-state index contributed by atoms with van der Waals surface area (Å²) in [6, 6.07) is 9.10. The third-order valence-electron chi connectivity index (χ3n) is 4.10. The molecule has 0 bridgehead atoms. The van der Waals surface area contributed by atoms with Crippen molar-refractivity contribution in [3.8, 4) is 0 Å². The molecule has 0 spiro atoms. The van der Waals surface area contributed by atoms with Gasteiger partial charge in [0.05, 0.1) is 0 Å². The van der Waals surface area contributed by atoms with E-state index < -0.39 is 5.60 Å². The molecule has 128 valence electrons. The van der Waals surface area contributed by atoms with Gasteiger partial charge in [0.2, 0.25) is 0 Å². The van der Waals surface area contributed by atoms with Crippen molar-refractivity contribution in [1.29, 1.82) is 0 Å². The van der Waals surface area contributed by atoms with Crippen LogP contribution in [0.1, 0.15) is 51.2 Å². The van der Waals surface area contributed by atoms with Crippen LogP contribution in [0, 0.1) is 6.92 Å². The molecule has 0 radical (unpaired) electrons. The Bertz CT molecular complexity index is 505. The van der Waals surface area contributed by atoms with Crippen LogP contribution >= 0.6 is 0 Å². The van der Waals surface area contributed by atoms with Crippen LogP contribution in [-0.4, -0.2) is 35.7 Å². The molecular weight excluding hydrogens is 288 g/mol. The zero-order valence-corrected chi connectivity index (χ0v) is 14.9. The van der Waals surface area contributed by atoms with E-state index in [0.717, 1.165) is 38.9 Å². The van der Waals surface area contributed by atoms with Crippen molar-refractivity contribution in [2.75, 3.05) is 13.1 Å². The van der Waals surface area contributed by atoms with Gasteiger partial charge in [-0.2, -0.15) is 0 Å². The second-order valence-electron chi connectivity index (χ2n) is 7.46. The number of carbonyl (C=O) groups excluding carboxylic acids is 1. The number of likely N-dealkylation sites (tertiary alicyclic amines) is 1. The number of nitrogens with one attached hydrogen (secondary N) is 1. The molecule has 1 aromatic rings. The van der Waals surface area contributed by atoms with Crippen molar-refractivity contribution < 1.29 is 9.53 Å². The Balaban J connectivity index is 1.79. The van der Waals surface area contributed by atoms with Gasteiger partial charge in [-0.25, -0.2) is 4.79 Å². The van der Waals surface area contributed by atoms with Gasteiger partial charge in [0.1, 0.15) is 5.60 Å². The highest BCUT2D eigenvalue weighted by molar-refractivity contribution is 5.68. The lowest BCUT2D eigenvalue weighted by Gasteiger charge is -2.26. The number of rotatable bonds is 3. The Morgan fingerprint density at radius 3 is 2.57 bits per heavy atom. The number of carbonyl (C=O) groups is 1. The first-order chi connectivity index (χ1) is 10.8. The number of aryl methyl sites for hydroxylation is 1. The Hall–Kier alpha value is -1.55. The van der Waals surface area contributed by atoms with Crippen LogP contribution in [0.2, 0.25) is 0 Å². The lowest BCUT2D eigenvalue weighted by Crippen LogP contribution is -2.38. The average molecular weight is 318 g/mol. The summed E-state index contributed by atoms with van der Waals surface area (Å²) in [5, 5.41) is 3.63. The third-order valence-corrected chi connectivity index (χ3v) is 4.10. The van der Waals surface area contributed by atoms with Crippen LogP contribution in [0.25, 0.3) is 0 Å². The molecule has 1 aromatic carbocycles. The van der Waals surface area contributed by atoms with Crippen molar-refractivity contribution in [2.24, 2.45) is 0 Å². The molecule has 1 fully saturated rings. The fourth-order valence-corrected chi connectivity index (χ4v) is 2.78. The first-order valence-corrected chi connectivity index (χ1v) is 8.60. The van der Waals surface area contributed by atoms with Gasteiger partial charge in [0.15, 0.2) is 0 Å². The number of nitrogens with zero attached hydrogens (tertiary/aromatic N) is 1. The zero-order valence-electron chi connectivity index (χ0n) is 14.9. The summed E-state index contributed by atoms with van der Waals surface area (Å²) >= 11 is 0. The van der Waals surface area contributed by atoms with Crippen molar-refractivity contribution in [1.82, 2.24) is 10.2 Å². The summed E-state index contributed by atoms with van der Waals surface area (Å²) in [6.07, 6.45) is 2.91. The van der Waals surface area contributed by atoms with E-state index in [1.165, 1.54) is 11.1 Å². The number of amides is 1. The van der Waals surface area contributed by atoms with Crippen LogP contribution in [0.5, 0.6) is 0 Å². The monoisotopic (exact) mass is 318 g/mol. The molecule has 1 atom stereocenters. The summed E-state index contributed by atoms with van der Waals surface area (Å²) < 4.78 is 5.48. The first kappa shape index (κ1) is 17.8. The van der Waals surface area contributed by atoms with Crippen LogP contribution < -0.4 is 5.32 Å². The average Bonchev–Trinajstić information content (AvgIpc) is 2.70. The van der Waals surface area contributed by atoms with E-state index in [1.807, 2.05) is 25.7 Å². The maximum atomic E-state index is 12.2. The molecule has 2 rings (SSSR count). The van der Waals surface area contributed by atoms with Crippen molar-refractivity contribution in [3.05, 3.63) is 35.4 Å². The summed E-state index contributed by atoms with van der Waals surface area (Å²) in [5.74, 6) is 0. The van der Waals surface area contributed by atoms with Gasteiger partial charge in [-0.3, -0.25) is 0 Å². The van der Waals surface area contributed by atoms with Crippen LogP contribution in [0.4, 0.5) is 4.79 Å². The topological polar surface area (TPSA) is 41.6 Å². The molecule has 1 aliphatic heterocycles. The number of hydrogen-bond donors (Lipinski definition) is 1. The highest BCUT2D eigenvalue weighted by atomic mass is 16.6. The minimum absolute atomic E-state index is 0.184. The largest absolute Gasteiger partial charge is 0.444 e. The zero-order chi connectivity index (χ0) is 16.9. The molecule has 4 nitrogen and oxygen atoms in total. The lowest BCUT2D eigenvalue weighted by molar-refractivity contribution is 0.0256. The normalized spacial score (nSPS) is 19.3. The van der Waals surface area contributed by atoms with Gasteiger partial charge in [-0.1, -0.05) is 29.8 Å². The van der Waals surface area contributed by atoms with E-state index in [-0.39, 0.29) is 6.09 Å². The SMILES string of the molecule is Cc1ccc(CNC2CCCN(C(=O)OC(C)(C)C)CC2)cc1. The van der Waals surface area contributed by atoms with Gasteiger partial charge in [-0.05, 0) is 52.5 Å². The highest BCUT2D eigenvalue weighted by Crippen LogP contribution is 2.16. The van der Waals surface area contributed by atoms with E-state index in [1.54, 1.807) is 0 Å². The van der Waals surface area contributed by atoms with Gasteiger partial charge < -0.3 is 15.0 Å². The molecular formula is C19H30N2O2. The van der Waals surface area contributed by atoms with Crippen molar-refractivity contribution in [3.63, 3.8) is 0 Å². The predicted octanol–water partition coefficient (Wildman–Crippen LogP) is 3.87. The summed E-state index contributed by atoms with van der Waals surface area (Å²) in [4.78, 5) is 14.0. The van der Waals surface area contributed by atoms with Crippen LogP contribution in [0.15, 0.2) is 24.3 Å². The smallest absolute Gasteiger partial charge is 0.410 e. The van der Waals surface area contributed by atoms with Gasteiger partial charge in [0, 0.05) is 25.7 Å². The standard InChI is InChI=1S/C19H30N2O2/c1-15-7-9-16(10-8-15)14-20-17-6-5-12-21(13-11-17)18(22)23-19(2,3)4/h7-10,17,20H,5-6,11-14H2,1-4H3. The second-order valence-corrected chi connectivity index (χ2v) is 7.46. The molecule has 1 aliphatic rings. The quantitative estimate of drug-likeness (QED) is 0.919. The van der Waals surface area contributed by atoms with Crippen LogP contribution in [-0.2, 0) is 11.3 Å². The van der Waals surface area contributed by atoms with E-state index in [0.29, 0.717) is 6.04 Å². The third kappa shape index (κ3) is 6.22. The molecule has 1 heterocycles. The fraction of sp³-hybridized carbons (Fsp3) is 0.632.